The molecule has 0 aromatic carbocycles. The Hall–Kier alpha value is -3.82. The molecule has 4 N–H and O–H groups in total. The molecule has 59 heavy (non-hydrogen) atoms. The molecule has 0 bridgehead atoms. The number of esters is 3. The first-order valence-corrected chi connectivity index (χ1v) is 20.8. The highest BCUT2D eigenvalue weighted by molar-refractivity contribution is 5.87. The molecule has 12 atom stereocenters. The number of carboxylic acids is 3. The van der Waals surface area contributed by atoms with Gasteiger partial charge in [0.05, 0.1) is 58.7 Å². The van der Waals surface area contributed by atoms with Crippen molar-refractivity contribution in [1.82, 2.24) is 0 Å². The van der Waals surface area contributed by atoms with E-state index in [1.165, 1.54) is 0 Å². The zero-order valence-corrected chi connectivity index (χ0v) is 35.6. The topological polar surface area (TPSA) is 229 Å². The number of fused-ring (bicyclic) bond motifs is 2. The molecule has 4 fully saturated rings. The molecular weight excluding hydrogens is 768 g/mol. The van der Waals surface area contributed by atoms with E-state index in [0.29, 0.717) is 38.5 Å². The predicted molar refractivity (Wildman–Crippen MR) is 212 cm³/mol. The highest BCUT2D eigenvalue weighted by atomic mass is 16.6. The zero-order chi connectivity index (χ0) is 44.1. The van der Waals surface area contributed by atoms with E-state index < -0.39 is 96.1 Å². The summed E-state index contributed by atoms with van der Waals surface area (Å²) in [6.45, 7) is 16.7. The quantitative estimate of drug-likeness (QED) is 0.0705. The number of aliphatic hydroxyl groups excluding tert-OH is 1. The van der Waals surface area contributed by atoms with Gasteiger partial charge in [0.1, 0.15) is 11.5 Å². The fourth-order valence-corrected chi connectivity index (χ4v) is 11.7. The molecule has 0 aromatic heterocycles. The lowest BCUT2D eigenvalue weighted by molar-refractivity contribution is -0.201. The van der Waals surface area contributed by atoms with Gasteiger partial charge in [0.15, 0.2) is 6.10 Å². The van der Waals surface area contributed by atoms with E-state index in [2.05, 4.69) is 27.0 Å². The van der Waals surface area contributed by atoms with Crippen molar-refractivity contribution in [3.05, 3.63) is 24.3 Å². The minimum atomic E-state index is -1.60. The molecule has 0 aromatic rings. The zero-order valence-electron chi connectivity index (χ0n) is 35.6. The third-order valence-electron chi connectivity index (χ3n) is 15.0. The van der Waals surface area contributed by atoms with Gasteiger partial charge in [-0.1, -0.05) is 51.5 Å². The molecule has 0 heterocycles. The summed E-state index contributed by atoms with van der Waals surface area (Å²) in [7, 11) is 2.28. The van der Waals surface area contributed by atoms with Gasteiger partial charge < -0.3 is 44.1 Å². The maximum Gasteiger partial charge on any atom is 0.335 e. The summed E-state index contributed by atoms with van der Waals surface area (Å²) < 4.78 is 28.7. The van der Waals surface area contributed by atoms with E-state index in [0.717, 1.165) is 51.0 Å². The van der Waals surface area contributed by atoms with Crippen LogP contribution in [0, 0.1) is 51.8 Å². The molecule has 4 aliphatic rings. The Morgan fingerprint density at radius 1 is 0.695 bits per heavy atom. The van der Waals surface area contributed by atoms with Crippen molar-refractivity contribution in [1.29, 1.82) is 0 Å². The molecule has 0 aliphatic heterocycles. The first kappa shape index (κ1) is 47.9. The predicted octanol–water partition coefficient (Wildman–Crippen LogP) is 5.61. The number of hydrogen-bond donors (Lipinski definition) is 4. The van der Waals surface area contributed by atoms with E-state index in [9.17, 15) is 49.2 Å². The highest BCUT2D eigenvalue weighted by Gasteiger charge is 2.58. The van der Waals surface area contributed by atoms with Crippen LogP contribution < -0.4 is 0 Å². The van der Waals surface area contributed by atoms with E-state index in [-0.39, 0.29) is 48.4 Å². The Balaban J connectivity index is 1.60. The average Bonchev–Trinajstić information content (AvgIpc) is 3.15. The van der Waals surface area contributed by atoms with Gasteiger partial charge in [0.25, 0.3) is 0 Å². The summed E-state index contributed by atoms with van der Waals surface area (Å²) in [5.41, 5.74) is -0.647. The van der Waals surface area contributed by atoms with E-state index in [1.54, 1.807) is 6.92 Å². The first-order chi connectivity index (χ1) is 27.6. The monoisotopic (exact) mass is 834 g/mol. The minimum Gasteiger partial charge on any atom is -0.481 e. The van der Waals surface area contributed by atoms with Crippen molar-refractivity contribution in [2.75, 3.05) is 34.0 Å². The molecule has 4 saturated carbocycles. The van der Waals surface area contributed by atoms with Crippen LogP contribution in [0.15, 0.2) is 24.3 Å². The number of rotatable bonds is 19. The van der Waals surface area contributed by atoms with Gasteiger partial charge in [-0.15, -0.1) is 0 Å². The molecule has 4 rings (SSSR count). The highest BCUT2D eigenvalue weighted by Crippen LogP contribution is 2.62. The Labute approximate surface area is 347 Å². The standard InChI is InChI=1S/C44H66O15/c1-25-11-13-32-41(3,24-45)15-9-16-42(32,4)30(25)23-58-37(40(54)56-8)28(20-35(48)49)39(53)59-44(6)18-10-17-43(5)29(26(2)12-14-33(43)44)22-57-31(21-36(50)55-7)27(38(51)52)19-34(46)47/h27-33,37,45H,1-2,9-24H2,3-8H3,(H,46,47)(H,48,49)(H,51,52)/t27-,28+,29+,30+,31-,32-,33+,37+,41+,42-,43-,44-/m1/s1. The van der Waals surface area contributed by atoms with Gasteiger partial charge in [0.2, 0.25) is 0 Å². The lowest BCUT2D eigenvalue weighted by Crippen LogP contribution is -2.57. The number of methoxy groups -OCH3 is 2. The number of aliphatic carboxylic acids is 3. The molecule has 15 nitrogen and oxygen atoms in total. The summed E-state index contributed by atoms with van der Waals surface area (Å²) >= 11 is 0. The van der Waals surface area contributed by atoms with Crippen LogP contribution in [0.3, 0.4) is 0 Å². The Bertz CT molecular complexity index is 1620. The number of carboxylic acid groups (broad SMARTS) is 3. The van der Waals surface area contributed by atoms with Gasteiger partial charge >= 0.3 is 35.8 Å². The Morgan fingerprint density at radius 3 is 1.75 bits per heavy atom. The van der Waals surface area contributed by atoms with Crippen LogP contribution in [0.5, 0.6) is 0 Å². The average molecular weight is 835 g/mol. The number of hydrogen-bond acceptors (Lipinski definition) is 12. The van der Waals surface area contributed by atoms with E-state index in [1.807, 2.05) is 6.92 Å². The molecule has 0 unspecified atom stereocenters. The molecule has 0 saturated heterocycles. The van der Waals surface area contributed by atoms with E-state index in [4.69, 9.17) is 23.7 Å². The van der Waals surface area contributed by atoms with Gasteiger partial charge in [0, 0.05) is 24.4 Å². The van der Waals surface area contributed by atoms with Crippen molar-refractivity contribution in [3.63, 3.8) is 0 Å². The van der Waals surface area contributed by atoms with Crippen molar-refractivity contribution in [2.24, 2.45) is 51.8 Å². The summed E-state index contributed by atoms with van der Waals surface area (Å²) in [5.74, 6) is -10.6. The summed E-state index contributed by atoms with van der Waals surface area (Å²) in [6.07, 6.45) is 1.96. The lowest BCUT2D eigenvalue weighted by atomic mass is 9.47. The van der Waals surface area contributed by atoms with Crippen LogP contribution >= 0.6 is 0 Å². The van der Waals surface area contributed by atoms with Crippen LogP contribution in [0.1, 0.15) is 111 Å². The lowest BCUT2D eigenvalue weighted by Gasteiger charge is -2.58. The number of ether oxygens (including phenoxy) is 5. The third kappa shape index (κ3) is 10.2. The van der Waals surface area contributed by atoms with Crippen LogP contribution in [0.4, 0.5) is 0 Å². The Morgan fingerprint density at radius 2 is 1.22 bits per heavy atom. The van der Waals surface area contributed by atoms with Gasteiger partial charge in [-0.25, -0.2) is 4.79 Å². The summed E-state index contributed by atoms with van der Waals surface area (Å²) in [5, 5.41) is 39.8. The second-order valence-corrected chi connectivity index (χ2v) is 18.5. The smallest absolute Gasteiger partial charge is 0.335 e. The van der Waals surface area contributed by atoms with Gasteiger partial charge in [-0.2, -0.15) is 0 Å². The molecule has 332 valence electrons. The SMILES string of the molecule is C=C1CC[C@@H]2[C@](C)(CO)CCC[C@]2(C)[C@H]1CO[C@H](C(=O)OC)[C@H](CC(=O)O)C(=O)O[C@]1(C)CCC[C@]2(C)[C@@H](CO[C@H](CC(=O)OC)[C@@H](CC(=O)O)C(=O)O)C(=C)CC[C@@H]21. The van der Waals surface area contributed by atoms with Crippen molar-refractivity contribution >= 4 is 35.8 Å². The second-order valence-electron chi connectivity index (χ2n) is 18.5. The molecular formula is C44H66O15. The van der Waals surface area contributed by atoms with E-state index >= 15 is 0 Å². The van der Waals surface area contributed by atoms with Crippen molar-refractivity contribution in [2.45, 2.75) is 129 Å². The van der Waals surface area contributed by atoms with Crippen LogP contribution in [-0.2, 0) is 52.5 Å². The number of carbonyl (C=O) groups is 6. The molecule has 4 aliphatic carbocycles. The summed E-state index contributed by atoms with van der Waals surface area (Å²) in [6, 6.07) is 0. The largest absolute Gasteiger partial charge is 0.481 e. The fraction of sp³-hybridized carbons (Fsp3) is 0.773. The molecule has 0 radical (unpaired) electrons. The second kappa shape index (κ2) is 19.3. The summed E-state index contributed by atoms with van der Waals surface area (Å²) in [4.78, 5) is 76.3. The number of carbonyl (C=O) groups excluding carboxylic acids is 3. The first-order valence-electron chi connectivity index (χ1n) is 20.8. The third-order valence-corrected chi connectivity index (χ3v) is 15.0. The van der Waals surface area contributed by atoms with Crippen LogP contribution in [-0.4, -0.2) is 108 Å². The number of aliphatic hydroxyl groups is 1. The normalized spacial score (nSPS) is 33.9. The Kier molecular flexibility index (Phi) is 15.6. The van der Waals surface area contributed by atoms with Crippen LogP contribution in [0.2, 0.25) is 0 Å². The van der Waals surface area contributed by atoms with Crippen molar-refractivity contribution < 1.29 is 72.9 Å². The minimum absolute atomic E-state index is 0.00949. The fourth-order valence-electron chi connectivity index (χ4n) is 11.7. The van der Waals surface area contributed by atoms with Gasteiger partial charge in [-0.05, 0) is 86.9 Å². The molecule has 0 spiro atoms. The van der Waals surface area contributed by atoms with Crippen molar-refractivity contribution in [3.8, 4) is 0 Å². The maximum absolute atomic E-state index is 14.4. The molecule has 15 heteroatoms. The maximum atomic E-state index is 14.4. The van der Waals surface area contributed by atoms with Crippen LogP contribution in [0.25, 0.3) is 0 Å². The van der Waals surface area contributed by atoms with Gasteiger partial charge in [-0.3, -0.25) is 24.0 Å². The molecule has 0 amide bonds.